The predicted molar refractivity (Wildman–Crippen MR) is 111 cm³/mol. The van der Waals surface area contributed by atoms with E-state index in [9.17, 15) is 4.79 Å². The van der Waals surface area contributed by atoms with Gasteiger partial charge in [0.15, 0.2) is 12.4 Å². The molecule has 3 aromatic rings. The Kier molecular flexibility index (Phi) is 5.76. The van der Waals surface area contributed by atoms with Crippen molar-refractivity contribution in [2.45, 2.75) is 39.2 Å². The third kappa shape index (κ3) is 4.94. The van der Waals surface area contributed by atoms with E-state index >= 15 is 0 Å². The minimum absolute atomic E-state index is 0.0426. The number of aromatic nitrogens is 1. The van der Waals surface area contributed by atoms with E-state index in [-0.39, 0.29) is 6.61 Å². The molecule has 0 radical (unpaired) electrons. The van der Waals surface area contributed by atoms with Crippen LogP contribution in [-0.4, -0.2) is 11.1 Å². The van der Waals surface area contributed by atoms with Crippen molar-refractivity contribution in [3.63, 3.8) is 0 Å². The first-order valence-corrected chi connectivity index (χ1v) is 9.99. The maximum Gasteiger partial charge on any atom is 0.338 e. The summed E-state index contributed by atoms with van der Waals surface area (Å²) in [4.78, 5) is 12.3. The van der Waals surface area contributed by atoms with Gasteiger partial charge < -0.3 is 9.26 Å². The van der Waals surface area contributed by atoms with Crippen molar-refractivity contribution in [3.05, 3.63) is 77.0 Å². The van der Waals surface area contributed by atoms with Crippen LogP contribution >= 0.6 is 0 Å². The number of ether oxygens (including phenoxy) is 1. The van der Waals surface area contributed by atoms with Crippen molar-refractivity contribution < 1.29 is 14.1 Å². The molecule has 0 N–H and O–H groups in total. The van der Waals surface area contributed by atoms with E-state index in [0.717, 1.165) is 16.8 Å². The fraction of sp³-hybridized carbons (Fsp3) is 0.280. The molecule has 1 saturated carbocycles. The van der Waals surface area contributed by atoms with Gasteiger partial charge in [-0.25, -0.2) is 4.79 Å². The molecule has 2 aromatic carbocycles. The van der Waals surface area contributed by atoms with Gasteiger partial charge in [0.25, 0.3) is 0 Å². The lowest BCUT2D eigenvalue weighted by Crippen LogP contribution is -2.04. The normalized spacial score (nSPS) is 13.7. The zero-order valence-electron chi connectivity index (χ0n) is 16.5. The Hall–Kier alpha value is -3.32. The number of esters is 1. The van der Waals surface area contributed by atoms with Crippen LogP contribution in [0.3, 0.4) is 0 Å². The lowest BCUT2D eigenvalue weighted by molar-refractivity contribution is 0.0437. The molecule has 0 spiro atoms. The molecule has 0 atom stereocenters. The van der Waals surface area contributed by atoms with E-state index in [0.29, 0.717) is 17.2 Å². The SMILES string of the molecule is Cc1ccc(-c2cc(COC(=O)c3ccc(C#CC4CCCC4)cc3)on2)cc1. The van der Waals surface area contributed by atoms with Gasteiger partial charge in [0.05, 0.1) is 5.56 Å². The van der Waals surface area contributed by atoms with Crippen LogP contribution in [0.25, 0.3) is 11.3 Å². The molecule has 0 aliphatic heterocycles. The number of carbonyl (C=O) groups is 1. The molecule has 146 valence electrons. The average molecular weight is 385 g/mol. The highest BCUT2D eigenvalue weighted by Gasteiger charge is 2.12. The van der Waals surface area contributed by atoms with Crippen LogP contribution in [0.1, 0.15) is 52.9 Å². The molecule has 1 aliphatic rings. The number of nitrogens with zero attached hydrogens (tertiary/aromatic N) is 1. The first-order chi connectivity index (χ1) is 14.2. The predicted octanol–water partition coefficient (Wildman–Crippen LogP) is 5.55. The molecular formula is C25H23NO3. The second-order valence-electron chi connectivity index (χ2n) is 7.45. The number of rotatable bonds is 4. The van der Waals surface area contributed by atoms with E-state index in [4.69, 9.17) is 9.26 Å². The molecule has 4 heteroatoms. The Labute approximate surface area is 170 Å². The van der Waals surface area contributed by atoms with Crippen LogP contribution in [0.5, 0.6) is 0 Å². The maximum atomic E-state index is 12.3. The van der Waals surface area contributed by atoms with E-state index in [2.05, 4.69) is 17.0 Å². The Morgan fingerprint density at radius 2 is 1.83 bits per heavy atom. The Morgan fingerprint density at radius 1 is 1.10 bits per heavy atom. The average Bonchev–Trinajstić information content (AvgIpc) is 3.44. The fourth-order valence-electron chi connectivity index (χ4n) is 3.41. The molecule has 0 amide bonds. The molecule has 1 heterocycles. The molecule has 4 nitrogen and oxygen atoms in total. The third-order valence-electron chi connectivity index (χ3n) is 5.15. The van der Waals surface area contributed by atoms with Crippen molar-refractivity contribution in [1.82, 2.24) is 5.16 Å². The van der Waals surface area contributed by atoms with Gasteiger partial charge in [-0.1, -0.05) is 59.7 Å². The largest absolute Gasteiger partial charge is 0.454 e. The van der Waals surface area contributed by atoms with Crippen LogP contribution in [0.15, 0.2) is 59.1 Å². The first-order valence-electron chi connectivity index (χ1n) is 9.99. The number of hydrogen-bond acceptors (Lipinski definition) is 4. The van der Waals surface area contributed by atoms with Crippen molar-refractivity contribution in [2.24, 2.45) is 5.92 Å². The highest BCUT2D eigenvalue weighted by molar-refractivity contribution is 5.89. The van der Waals surface area contributed by atoms with Gasteiger partial charge in [-0.05, 0) is 44.0 Å². The summed E-state index contributed by atoms with van der Waals surface area (Å²) < 4.78 is 10.6. The first kappa shape index (κ1) is 19.0. The summed E-state index contributed by atoms with van der Waals surface area (Å²) in [6, 6.07) is 17.0. The molecule has 0 unspecified atom stereocenters. The van der Waals surface area contributed by atoms with Gasteiger partial charge in [0.2, 0.25) is 0 Å². The zero-order chi connectivity index (χ0) is 20.1. The molecule has 1 aliphatic carbocycles. The zero-order valence-corrected chi connectivity index (χ0v) is 16.5. The molecule has 4 rings (SSSR count). The quantitative estimate of drug-likeness (QED) is 0.436. The smallest absolute Gasteiger partial charge is 0.338 e. The van der Waals surface area contributed by atoms with Gasteiger partial charge >= 0.3 is 5.97 Å². The van der Waals surface area contributed by atoms with Crippen LogP contribution in [0.2, 0.25) is 0 Å². The monoisotopic (exact) mass is 385 g/mol. The van der Waals surface area contributed by atoms with E-state index in [1.54, 1.807) is 18.2 Å². The lowest BCUT2D eigenvalue weighted by Gasteiger charge is -2.02. The minimum Gasteiger partial charge on any atom is -0.454 e. The summed E-state index contributed by atoms with van der Waals surface area (Å²) >= 11 is 0. The molecule has 0 saturated heterocycles. The fourth-order valence-corrected chi connectivity index (χ4v) is 3.41. The van der Waals surface area contributed by atoms with Crippen molar-refractivity contribution in [2.75, 3.05) is 0 Å². The summed E-state index contributed by atoms with van der Waals surface area (Å²) in [5.74, 6) is 7.17. The van der Waals surface area contributed by atoms with Crippen molar-refractivity contribution >= 4 is 5.97 Å². The third-order valence-corrected chi connectivity index (χ3v) is 5.15. The van der Waals surface area contributed by atoms with Gasteiger partial charge in [-0.15, -0.1) is 0 Å². The number of carbonyl (C=O) groups excluding carboxylic acids is 1. The highest BCUT2D eigenvalue weighted by Crippen LogP contribution is 2.24. The summed E-state index contributed by atoms with van der Waals surface area (Å²) in [5, 5.41) is 4.05. The van der Waals surface area contributed by atoms with E-state index in [1.165, 1.54) is 31.2 Å². The van der Waals surface area contributed by atoms with E-state index in [1.807, 2.05) is 43.3 Å². The molecule has 1 fully saturated rings. The van der Waals surface area contributed by atoms with Crippen molar-refractivity contribution in [1.29, 1.82) is 0 Å². The molecule has 0 bridgehead atoms. The molecule has 29 heavy (non-hydrogen) atoms. The van der Waals surface area contributed by atoms with Gasteiger partial charge in [0.1, 0.15) is 5.69 Å². The topological polar surface area (TPSA) is 52.3 Å². The maximum absolute atomic E-state index is 12.3. The Bertz CT molecular complexity index is 1030. The van der Waals surface area contributed by atoms with Gasteiger partial charge in [0, 0.05) is 23.1 Å². The highest BCUT2D eigenvalue weighted by atomic mass is 16.5. The summed E-state index contributed by atoms with van der Waals surface area (Å²) in [6.07, 6.45) is 4.96. The van der Waals surface area contributed by atoms with Gasteiger partial charge in [-0.2, -0.15) is 0 Å². The summed E-state index contributed by atoms with van der Waals surface area (Å²) in [5.41, 5.74) is 4.29. The van der Waals surface area contributed by atoms with Crippen LogP contribution < -0.4 is 0 Å². The minimum atomic E-state index is -0.395. The Balaban J connectivity index is 1.33. The van der Waals surface area contributed by atoms with Gasteiger partial charge in [-0.3, -0.25) is 0 Å². The number of aryl methyl sites for hydroxylation is 1. The van der Waals surface area contributed by atoms with Crippen molar-refractivity contribution in [3.8, 4) is 23.1 Å². The molecule has 1 aromatic heterocycles. The summed E-state index contributed by atoms with van der Waals surface area (Å²) in [6.45, 7) is 2.08. The molecular weight excluding hydrogens is 362 g/mol. The second kappa shape index (κ2) is 8.79. The standard InChI is InChI=1S/C25H23NO3/c1-18-6-12-21(13-7-18)24-16-23(29-26-24)17-28-25(27)22-14-10-20(11-15-22)9-8-19-4-2-3-5-19/h6-7,10-16,19H,2-5,17H2,1H3. The second-order valence-corrected chi connectivity index (χ2v) is 7.45. The summed E-state index contributed by atoms with van der Waals surface area (Å²) in [7, 11) is 0. The van der Waals surface area contributed by atoms with E-state index < -0.39 is 5.97 Å². The van der Waals surface area contributed by atoms with Crippen LogP contribution in [-0.2, 0) is 11.3 Å². The number of hydrogen-bond donors (Lipinski definition) is 0. The van der Waals surface area contributed by atoms with Crippen LogP contribution in [0.4, 0.5) is 0 Å². The van der Waals surface area contributed by atoms with Crippen LogP contribution in [0, 0.1) is 24.7 Å². The number of benzene rings is 2. The lowest BCUT2D eigenvalue weighted by atomic mass is 10.1. The Morgan fingerprint density at radius 3 is 2.55 bits per heavy atom.